The number of hydrogen-bond acceptors (Lipinski definition) is 3. The van der Waals surface area contributed by atoms with Crippen molar-refractivity contribution >= 4 is 6.09 Å². The van der Waals surface area contributed by atoms with E-state index in [0.717, 1.165) is 12.0 Å². The number of amides is 1. The molecule has 0 aliphatic carbocycles. The number of pyridine rings is 1. The summed E-state index contributed by atoms with van der Waals surface area (Å²) in [5.41, 5.74) is 1.14. The van der Waals surface area contributed by atoms with E-state index in [-0.39, 0.29) is 0 Å². The van der Waals surface area contributed by atoms with Crippen LogP contribution in [0.2, 0.25) is 0 Å². The molecule has 1 rings (SSSR count). The fourth-order valence-corrected chi connectivity index (χ4v) is 0.931. The fourth-order valence-electron chi connectivity index (χ4n) is 0.931. The van der Waals surface area contributed by atoms with E-state index in [9.17, 15) is 4.79 Å². The molecule has 4 heteroatoms. The Kier molecular flexibility index (Phi) is 3.75. The molecule has 0 atom stereocenters. The van der Waals surface area contributed by atoms with Crippen molar-refractivity contribution in [1.82, 2.24) is 10.3 Å². The van der Waals surface area contributed by atoms with Gasteiger partial charge >= 0.3 is 6.09 Å². The highest BCUT2D eigenvalue weighted by Crippen LogP contribution is 1.95. The number of aromatic nitrogens is 1. The highest BCUT2D eigenvalue weighted by atomic mass is 16.5. The normalized spacial score (nSPS) is 9.31. The molecule has 1 amide bonds. The van der Waals surface area contributed by atoms with Crippen LogP contribution in [-0.4, -0.2) is 24.7 Å². The lowest BCUT2D eigenvalue weighted by Crippen LogP contribution is -2.25. The number of nitrogens with one attached hydrogen (secondary N) is 1. The first-order valence-corrected chi connectivity index (χ1v) is 4.03. The Morgan fingerprint density at radius 1 is 1.54 bits per heavy atom. The second-order valence-electron chi connectivity index (χ2n) is 2.52. The standard InChI is InChI=1S/C9H12N2O2/c1-13-9(12)11-7-4-8-2-5-10-6-3-8/h2-3,5-6H,4,7H2,1H3,(H,11,12). The predicted molar refractivity (Wildman–Crippen MR) is 48.3 cm³/mol. The molecule has 70 valence electrons. The Labute approximate surface area is 76.9 Å². The van der Waals surface area contributed by atoms with Crippen molar-refractivity contribution in [3.05, 3.63) is 30.1 Å². The summed E-state index contributed by atoms with van der Waals surface area (Å²) >= 11 is 0. The number of rotatable bonds is 3. The first-order chi connectivity index (χ1) is 6.33. The Hall–Kier alpha value is -1.58. The van der Waals surface area contributed by atoms with Crippen molar-refractivity contribution in [2.75, 3.05) is 13.7 Å². The molecule has 0 fully saturated rings. The van der Waals surface area contributed by atoms with Gasteiger partial charge in [-0.3, -0.25) is 4.98 Å². The summed E-state index contributed by atoms with van der Waals surface area (Å²) in [6, 6.07) is 3.83. The second kappa shape index (κ2) is 5.13. The van der Waals surface area contributed by atoms with Gasteiger partial charge in [-0.2, -0.15) is 0 Å². The molecule has 0 saturated carbocycles. The maximum Gasteiger partial charge on any atom is 0.406 e. The van der Waals surface area contributed by atoms with Gasteiger partial charge in [0.05, 0.1) is 7.11 Å². The van der Waals surface area contributed by atoms with E-state index in [1.54, 1.807) is 12.4 Å². The molecule has 0 aliphatic heterocycles. The highest BCUT2D eigenvalue weighted by molar-refractivity contribution is 5.66. The molecule has 0 unspecified atom stereocenters. The average molecular weight is 180 g/mol. The zero-order valence-corrected chi connectivity index (χ0v) is 7.49. The molecule has 4 nitrogen and oxygen atoms in total. The molecular weight excluding hydrogens is 168 g/mol. The SMILES string of the molecule is COC(=O)NCCc1ccncc1. The predicted octanol–water partition coefficient (Wildman–Crippen LogP) is 0.980. The molecule has 0 bridgehead atoms. The molecule has 0 radical (unpaired) electrons. The number of ether oxygens (including phenoxy) is 1. The molecule has 1 aromatic rings. The Morgan fingerprint density at radius 3 is 2.85 bits per heavy atom. The molecule has 1 N–H and O–H groups in total. The van der Waals surface area contributed by atoms with Crippen LogP contribution in [0.15, 0.2) is 24.5 Å². The van der Waals surface area contributed by atoms with Crippen LogP contribution in [0, 0.1) is 0 Å². The third-order valence-electron chi connectivity index (χ3n) is 1.62. The Bertz CT molecular complexity index is 262. The van der Waals surface area contributed by atoms with Gasteiger partial charge in [-0.05, 0) is 24.1 Å². The van der Waals surface area contributed by atoms with E-state index in [1.807, 2.05) is 12.1 Å². The van der Waals surface area contributed by atoms with Gasteiger partial charge in [0.2, 0.25) is 0 Å². The van der Waals surface area contributed by atoms with Crippen LogP contribution in [0.5, 0.6) is 0 Å². The van der Waals surface area contributed by atoms with E-state index < -0.39 is 6.09 Å². The maximum atomic E-state index is 10.7. The first-order valence-electron chi connectivity index (χ1n) is 4.03. The number of methoxy groups -OCH3 is 1. The van der Waals surface area contributed by atoms with Crippen molar-refractivity contribution in [3.8, 4) is 0 Å². The molecular formula is C9H12N2O2. The van der Waals surface area contributed by atoms with E-state index in [2.05, 4.69) is 15.0 Å². The lowest BCUT2D eigenvalue weighted by Gasteiger charge is -2.02. The topological polar surface area (TPSA) is 51.2 Å². The van der Waals surface area contributed by atoms with Gasteiger partial charge in [0.1, 0.15) is 0 Å². The molecule has 0 aromatic carbocycles. The number of carbonyl (C=O) groups is 1. The summed E-state index contributed by atoms with van der Waals surface area (Å²) in [6.45, 7) is 0.580. The van der Waals surface area contributed by atoms with Crippen molar-refractivity contribution < 1.29 is 9.53 Å². The summed E-state index contributed by atoms with van der Waals surface area (Å²) in [7, 11) is 1.35. The molecule has 13 heavy (non-hydrogen) atoms. The van der Waals surface area contributed by atoms with Gasteiger partial charge in [0, 0.05) is 18.9 Å². The number of nitrogens with zero attached hydrogens (tertiary/aromatic N) is 1. The maximum absolute atomic E-state index is 10.7. The van der Waals surface area contributed by atoms with Crippen LogP contribution in [0.1, 0.15) is 5.56 Å². The van der Waals surface area contributed by atoms with Crippen LogP contribution in [0.25, 0.3) is 0 Å². The number of alkyl carbamates (subject to hydrolysis) is 1. The van der Waals surface area contributed by atoms with Gasteiger partial charge < -0.3 is 10.1 Å². The first kappa shape index (κ1) is 9.51. The zero-order valence-electron chi connectivity index (χ0n) is 7.49. The average Bonchev–Trinajstić information content (AvgIpc) is 2.19. The quantitative estimate of drug-likeness (QED) is 0.754. The zero-order chi connectivity index (χ0) is 9.52. The third-order valence-corrected chi connectivity index (χ3v) is 1.62. The summed E-state index contributed by atoms with van der Waals surface area (Å²) in [4.78, 5) is 14.5. The molecule has 0 saturated heterocycles. The van der Waals surface area contributed by atoms with Crippen LogP contribution >= 0.6 is 0 Å². The minimum absolute atomic E-state index is 0.394. The molecule has 0 aliphatic rings. The van der Waals surface area contributed by atoms with Crippen LogP contribution in [-0.2, 0) is 11.2 Å². The van der Waals surface area contributed by atoms with Crippen molar-refractivity contribution in [1.29, 1.82) is 0 Å². The minimum Gasteiger partial charge on any atom is -0.453 e. The lowest BCUT2D eigenvalue weighted by molar-refractivity contribution is 0.171. The summed E-state index contributed by atoms with van der Waals surface area (Å²) in [5.74, 6) is 0. The van der Waals surface area contributed by atoms with Gasteiger partial charge in [-0.25, -0.2) is 4.79 Å². The van der Waals surface area contributed by atoms with E-state index in [1.165, 1.54) is 7.11 Å². The van der Waals surface area contributed by atoms with Gasteiger partial charge in [-0.1, -0.05) is 0 Å². The van der Waals surface area contributed by atoms with Crippen molar-refractivity contribution in [3.63, 3.8) is 0 Å². The minimum atomic E-state index is -0.394. The number of carbonyl (C=O) groups excluding carboxylic acids is 1. The molecule has 0 spiro atoms. The Balaban J connectivity index is 2.24. The van der Waals surface area contributed by atoms with E-state index >= 15 is 0 Å². The summed E-state index contributed by atoms with van der Waals surface area (Å²) in [6.07, 6.45) is 3.85. The van der Waals surface area contributed by atoms with Gasteiger partial charge in [0.25, 0.3) is 0 Å². The number of hydrogen-bond donors (Lipinski definition) is 1. The monoisotopic (exact) mass is 180 g/mol. The largest absolute Gasteiger partial charge is 0.453 e. The van der Waals surface area contributed by atoms with E-state index in [4.69, 9.17) is 0 Å². The van der Waals surface area contributed by atoms with E-state index in [0.29, 0.717) is 6.54 Å². The van der Waals surface area contributed by atoms with Crippen LogP contribution < -0.4 is 5.32 Å². The smallest absolute Gasteiger partial charge is 0.406 e. The fraction of sp³-hybridized carbons (Fsp3) is 0.333. The molecule has 1 aromatic heterocycles. The summed E-state index contributed by atoms with van der Waals surface area (Å²) in [5, 5.41) is 2.60. The van der Waals surface area contributed by atoms with Gasteiger partial charge in [-0.15, -0.1) is 0 Å². The lowest BCUT2D eigenvalue weighted by atomic mass is 10.2. The molecule has 1 heterocycles. The van der Waals surface area contributed by atoms with Crippen molar-refractivity contribution in [2.24, 2.45) is 0 Å². The summed E-state index contributed by atoms with van der Waals surface area (Å²) < 4.78 is 4.43. The highest BCUT2D eigenvalue weighted by Gasteiger charge is 1.96. The van der Waals surface area contributed by atoms with Crippen LogP contribution in [0.4, 0.5) is 4.79 Å². The van der Waals surface area contributed by atoms with Gasteiger partial charge in [0.15, 0.2) is 0 Å². The Morgan fingerprint density at radius 2 is 2.23 bits per heavy atom. The van der Waals surface area contributed by atoms with Crippen LogP contribution in [0.3, 0.4) is 0 Å². The second-order valence-corrected chi connectivity index (χ2v) is 2.52. The third kappa shape index (κ3) is 3.55. The van der Waals surface area contributed by atoms with Crippen molar-refractivity contribution in [2.45, 2.75) is 6.42 Å².